The first-order valence-corrected chi connectivity index (χ1v) is 5.62. The fraction of sp³-hybridized carbons (Fsp3) is 0.500. The molecule has 0 aliphatic rings. The number of methoxy groups -OCH3 is 1. The van der Waals surface area contributed by atoms with Crippen LogP contribution in [0.5, 0.6) is 0 Å². The number of nitrogens with zero attached hydrogens (tertiary/aromatic N) is 1. The monoisotopic (exact) mass is 238 g/mol. The van der Waals surface area contributed by atoms with Crippen LogP contribution in [-0.4, -0.2) is 36.3 Å². The van der Waals surface area contributed by atoms with Gasteiger partial charge >= 0.3 is 5.97 Å². The molecule has 0 aromatic carbocycles. The molecule has 1 rings (SSSR count). The maximum atomic E-state index is 11.2. The lowest BCUT2D eigenvalue weighted by molar-refractivity contribution is 0.0600. The largest absolute Gasteiger partial charge is 0.465 e. The molecule has 17 heavy (non-hydrogen) atoms. The Morgan fingerprint density at radius 2 is 2.29 bits per heavy atom. The van der Waals surface area contributed by atoms with Crippen LogP contribution in [0.3, 0.4) is 0 Å². The highest BCUT2D eigenvalue weighted by Gasteiger charge is 2.04. The van der Waals surface area contributed by atoms with Crippen molar-refractivity contribution in [2.45, 2.75) is 19.4 Å². The van der Waals surface area contributed by atoms with Crippen LogP contribution in [0.15, 0.2) is 18.3 Å². The Kier molecular flexibility index (Phi) is 6.21. The number of hydrogen-bond acceptors (Lipinski definition) is 5. The molecule has 0 fully saturated rings. The second-order valence-electron chi connectivity index (χ2n) is 3.64. The fourth-order valence-electron chi connectivity index (χ4n) is 1.35. The molecule has 0 spiro atoms. The van der Waals surface area contributed by atoms with E-state index < -0.39 is 0 Å². The summed E-state index contributed by atoms with van der Waals surface area (Å²) in [5, 5.41) is 11.8. The fourth-order valence-corrected chi connectivity index (χ4v) is 1.35. The Hall–Kier alpha value is -1.46. The van der Waals surface area contributed by atoms with Crippen LogP contribution in [0.4, 0.5) is 0 Å². The molecule has 0 bridgehead atoms. The van der Waals surface area contributed by atoms with Crippen molar-refractivity contribution in [2.75, 3.05) is 20.3 Å². The van der Waals surface area contributed by atoms with Gasteiger partial charge in [0.1, 0.15) is 0 Å². The van der Waals surface area contributed by atoms with Gasteiger partial charge < -0.3 is 15.2 Å². The summed E-state index contributed by atoms with van der Waals surface area (Å²) in [7, 11) is 1.35. The van der Waals surface area contributed by atoms with Gasteiger partial charge in [0.05, 0.1) is 18.4 Å². The molecule has 0 unspecified atom stereocenters. The van der Waals surface area contributed by atoms with Gasteiger partial charge in [-0.15, -0.1) is 0 Å². The first-order valence-electron chi connectivity index (χ1n) is 5.62. The number of hydrogen-bond donors (Lipinski definition) is 2. The normalized spacial score (nSPS) is 10.2. The Morgan fingerprint density at radius 1 is 1.47 bits per heavy atom. The van der Waals surface area contributed by atoms with E-state index >= 15 is 0 Å². The number of esters is 1. The molecule has 0 amide bonds. The number of aliphatic hydroxyl groups is 1. The summed E-state index contributed by atoms with van der Waals surface area (Å²) in [4.78, 5) is 15.3. The predicted octanol–water partition coefficient (Wildman–Crippen LogP) is 0.730. The topological polar surface area (TPSA) is 71.5 Å². The standard InChI is InChI=1S/C12H18N2O3/c1-17-12(16)10-4-5-11(14-8-10)9-13-6-2-3-7-15/h4-5,8,13,15H,2-3,6-7,9H2,1H3. The van der Waals surface area contributed by atoms with E-state index in [1.54, 1.807) is 12.1 Å². The molecule has 5 heteroatoms. The number of pyridine rings is 1. The van der Waals surface area contributed by atoms with Gasteiger partial charge in [-0.2, -0.15) is 0 Å². The first kappa shape index (κ1) is 13.6. The molecule has 0 radical (unpaired) electrons. The van der Waals surface area contributed by atoms with Gasteiger partial charge in [0.15, 0.2) is 0 Å². The van der Waals surface area contributed by atoms with Crippen molar-refractivity contribution in [2.24, 2.45) is 0 Å². The number of unbranched alkanes of at least 4 members (excludes halogenated alkanes) is 1. The molecule has 0 saturated heterocycles. The van der Waals surface area contributed by atoms with Gasteiger partial charge in [-0.1, -0.05) is 0 Å². The van der Waals surface area contributed by atoms with E-state index in [9.17, 15) is 4.79 Å². The third kappa shape index (κ3) is 4.93. The van der Waals surface area contributed by atoms with Crippen molar-refractivity contribution in [3.63, 3.8) is 0 Å². The number of nitrogens with one attached hydrogen (secondary N) is 1. The van der Waals surface area contributed by atoms with E-state index in [1.807, 2.05) is 0 Å². The van der Waals surface area contributed by atoms with Crippen molar-refractivity contribution in [1.82, 2.24) is 10.3 Å². The second kappa shape index (κ2) is 7.76. The molecule has 2 N–H and O–H groups in total. The highest BCUT2D eigenvalue weighted by Crippen LogP contribution is 2.01. The Balaban J connectivity index is 2.33. The van der Waals surface area contributed by atoms with Gasteiger partial charge in [0, 0.05) is 19.3 Å². The molecule has 94 valence electrons. The van der Waals surface area contributed by atoms with Crippen molar-refractivity contribution in [1.29, 1.82) is 0 Å². The van der Waals surface area contributed by atoms with Crippen LogP contribution >= 0.6 is 0 Å². The summed E-state index contributed by atoms with van der Waals surface area (Å²) in [5.41, 5.74) is 1.33. The molecule has 5 nitrogen and oxygen atoms in total. The highest BCUT2D eigenvalue weighted by atomic mass is 16.5. The number of carbonyl (C=O) groups excluding carboxylic acids is 1. The van der Waals surface area contributed by atoms with Crippen molar-refractivity contribution < 1.29 is 14.6 Å². The van der Waals surface area contributed by atoms with Gasteiger partial charge in [-0.3, -0.25) is 4.98 Å². The predicted molar refractivity (Wildman–Crippen MR) is 63.6 cm³/mol. The lowest BCUT2D eigenvalue weighted by atomic mass is 10.2. The zero-order valence-electron chi connectivity index (χ0n) is 9.98. The zero-order valence-corrected chi connectivity index (χ0v) is 9.98. The smallest absolute Gasteiger partial charge is 0.339 e. The highest BCUT2D eigenvalue weighted by molar-refractivity contribution is 5.88. The van der Waals surface area contributed by atoms with E-state index in [0.29, 0.717) is 12.1 Å². The summed E-state index contributed by atoms with van der Waals surface area (Å²) < 4.78 is 4.58. The summed E-state index contributed by atoms with van der Waals surface area (Å²) in [6.45, 7) is 1.74. The summed E-state index contributed by atoms with van der Waals surface area (Å²) in [6.07, 6.45) is 3.26. The third-order valence-electron chi connectivity index (χ3n) is 2.31. The van der Waals surface area contributed by atoms with Crippen LogP contribution in [0.2, 0.25) is 0 Å². The minimum absolute atomic E-state index is 0.230. The zero-order chi connectivity index (χ0) is 12.5. The third-order valence-corrected chi connectivity index (χ3v) is 2.31. The summed E-state index contributed by atoms with van der Waals surface area (Å²) in [6, 6.07) is 3.49. The van der Waals surface area contributed by atoms with Crippen molar-refractivity contribution in [3.05, 3.63) is 29.6 Å². The van der Waals surface area contributed by atoms with Gasteiger partial charge in [0.25, 0.3) is 0 Å². The average molecular weight is 238 g/mol. The lowest BCUT2D eigenvalue weighted by Gasteiger charge is -2.04. The first-order chi connectivity index (χ1) is 8.27. The minimum atomic E-state index is -0.375. The van der Waals surface area contributed by atoms with E-state index in [4.69, 9.17) is 5.11 Å². The molecule has 1 aromatic heterocycles. The van der Waals surface area contributed by atoms with E-state index in [2.05, 4.69) is 15.0 Å². The molecule has 1 heterocycles. The van der Waals surface area contributed by atoms with E-state index in [-0.39, 0.29) is 12.6 Å². The Morgan fingerprint density at radius 3 is 2.88 bits per heavy atom. The maximum absolute atomic E-state index is 11.2. The molecular formula is C12H18N2O3. The number of aromatic nitrogens is 1. The Bertz CT molecular complexity index is 338. The molecule has 0 aliphatic heterocycles. The average Bonchev–Trinajstić information content (AvgIpc) is 2.38. The van der Waals surface area contributed by atoms with E-state index in [0.717, 1.165) is 25.1 Å². The van der Waals surface area contributed by atoms with Crippen LogP contribution < -0.4 is 5.32 Å². The molecule has 0 aliphatic carbocycles. The quantitative estimate of drug-likeness (QED) is 0.541. The van der Waals surface area contributed by atoms with Gasteiger partial charge in [-0.05, 0) is 31.5 Å². The number of aliphatic hydroxyl groups excluding tert-OH is 1. The van der Waals surface area contributed by atoms with Gasteiger partial charge in [-0.25, -0.2) is 4.79 Å². The van der Waals surface area contributed by atoms with E-state index in [1.165, 1.54) is 13.3 Å². The van der Waals surface area contributed by atoms with Crippen LogP contribution in [-0.2, 0) is 11.3 Å². The summed E-state index contributed by atoms with van der Waals surface area (Å²) in [5.74, 6) is -0.375. The molecular weight excluding hydrogens is 220 g/mol. The molecule has 0 atom stereocenters. The molecule has 1 aromatic rings. The number of rotatable bonds is 7. The van der Waals surface area contributed by atoms with Crippen molar-refractivity contribution >= 4 is 5.97 Å². The lowest BCUT2D eigenvalue weighted by Crippen LogP contribution is -2.16. The Labute approximate surface area is 101 Å². The minimum Gasteiger partial charge on any atom is -0.465 e. The number of carbonyl (C=O) groups is 1. The van der Waals surface area contributed by atoms with Crippen LogP contribution in [0.25, 0.3) is 0 Å². The second-order valence-corrected chi connectivity index (χ2v) is 3.64. The summed E-state index contributed by atoms with van der Waals surface area (Å²) >= 11 is 0. The van der Waals surface area contributed by atoms with Gasteiger partial charge in [0.2, 0.25) is 0 Å². The van der Waals surface area contributed by atoms with Crippen molar-refractivity contribution in [3.8, 4) is 0 Å². The molecule has 0 saturated carbocycles. The van der Waals surface area contributed by atoms with Crippen LogP contribution in [0.1, 0.15) is 28.9 Å². The SMILES string of the molecule is COC(=O)c1ccc(CNCCCCO)nc1. The number of ether oxygens (including phenoxy) is 1. The van der Waals surface area contributed by atoms with Crippen LogP contribution in [0, 0.1) is 0 Å². The maximum Gasteiger partial charge on any atom is 0.339 e.